The highest BCUT2D eigenvalue weighted by Gasteiger charge is 2.36. The number of imide groups is 1. The van der Waals surface area contributed by atoms with E-state index >= 15 is 0 Å². The molecule has 3 rings (SSSR count). The van der Waals surface area contributed by atoms with Crippen LogP contribution in [-0.4, -0.2) is 36.9 Å². The minimum Gasteiger partial charge on any atom is -0.276 e. The Morgan fingerprint density at radius 3 is 2.38 bits per heavy atom. The molecule has 0 bridgehead atoms. The molecule has 1 saturated heterocycles. The Labute approximate surface area is 169 Å². The third-order valence-electron chi connectivity index (χ3n) is 3.72. The second kappa shape index (κ2) is 8.55. The Morgan fingerprint density at radius 1 is 1.07 bits per heavy atom. The Bertz CT molecular complexity index is 1090. The van der Waals surface area contributed by atoms with Crippen LogP contribution in [0.3, 0.4) is 0 Å². The molecular formula is C18H14FN3O5S2. The smallest absolute Gasteiger partial charge is 0.276 e. The second-order valence-corrected chi connectivity index (χ2v) is 8.46. The van der Waals surface area contributed by atoms with Gasteiger partial charge in [0.2, 0.25) is 0 Å². The van der Waals surface area contributed by atoms with Gasteiger partial charge in [-0.15, -0.1) is 4.83 Å². The Hall–Kier alpha value is -3.02. The van der Waals surface area contributed by atoms with Gasteiger partial charge in [-0.05, 0) is 47.7 Å². The Kier molecular flexibility index (Phi) is 6.11. The third kappa shape index (κ3) is 5.08. The first-order valence-electron chi connectivity index (χ1n) is 8.13. The zero-order valence-electron chi connectivity index (χ0n) is 14.7. The van der Waals surface area contributed by atoms with Crippen molar-refractivity contribution < 1.29 is 27.2 Å². The SMILES string of the molecule is O=C(CN1C(=O)S/C(=C\c2ccc(F)cc2)C1=O)NNS(=O)(=O)c1ccccc1. The lowest BCUT2D eigenvalue weighted by atomic mass is 10.2. The molecule has 1 aliphatic rings. The Balaban J connectivity index is 1.62. The van der Waals surface area contributed by atoms with Crippen LogP contribution in [0, 0.1) is 5.82 Å². The number of carbonyl (C=O) groups excluding carboxylic acids is 3. The van der Waals surface area contributed by atoms with Crippen molar-refractivity contribution >= 4 is 44.9 Å². The van der Waals surface area contributed by atoms with Crippen LogP contribution in [0.25, 0.3) is 6.08 Å². The van der Waals surface area contributed by atoms with Crippen LogP contribution >= 0.6 is 11.8 Å². The average Bonchev–Trinajstić information content (AvgIpc) is 2.96. The van der Waals surface area contributed by atoms with Crippen LogP contribution in [0.1, 0.15) is 5.56 Å². The first-order chi connectivity index (χ1) is 13.8. The number of nitrogens with zero attached hydrogens (tertiary/aromatic N) is 1. The molecule has 0 saturated carbocycles. The molecule has 8 nitrogen and oxygen atoms in total. The van der Waals surface area contributed by atoms with Gasteiger partial charge in [0.05, 0.1) is 9.80 Å². The van der Waals surface area contributed by atoms with E-state index in [1.165, 1.54) is 54.6 Å². The van der Waals surface area contributed by atoms with E-state index in [1.807, 2.05) is 10.3 Å². The minimum absolute atomic E-state index is 0.0614. The van der Waals surface area contributed by atoms with Gasteiger partial charge in [-0.2, -0.15) is 0 Å². The first kappa shape index (κ1) is 20.7. The van der Waals surface area contributed by atoms with Crippen molar-refractivity contribution in [2.45, 2.75) is 4.90 Å². The van der Waals surface area contributed by atoms with Gasteiger partial charge in [-0.3, -0.25) is 24.7 Å². The van der Waals surface area contributed by atoms with Gasteiger partial charge >= 0.3 is 0 Å². The van der Waals surface area contributed by atoms with Crippen molar-refractivity contribution in [2.24, 2.45) is 0 Å². The predicted molar refractivity (Wildman–Crippen MR) is 104 cm³/mol. The molecule has 3 amide bonds. The molecule has 150 valence electrons. The summed E-state index contributed by atoms with van der Waals surface area (Å²) in [5.41, 5.74) is 2.48. The van der Waals surface area contributed by atoms with Crippen LogP contribution in [0.4, 0.5) is 9.18 Å². The molecule has 0 aliphatic carbocycles. The maximum Gasteiger partial charge on any atom is 0.294 e. The molecule has 0 atom stereocenters. The van der Waals surface area contributed by atoms with E-state index in [4.69, 9.17) is 0 Å². The molecule has 1 fully saturated rings. The number of thioether (sulfide) groups is 1. The Morgan fingerprint density at radius 2 is 1.72 bits per heavy atom. The summed E-state index contributed by atoms with van der Waals surface area (Å²) in [4.78, 5) is 39.0. The summed E-state index contributed by atoms with van der Waals surface area (Å²) in [7, 11) is -3.99. The fourth-order valence-corrected chi connectivity index (χ4v) is 4.03. The van der Waals surface area contributed by atoms with Crippen molar-refractivity contribution in [3.8, 4) is 0 Å². The molecule has 2 aromatic carbocycles. The van der Waals surface area contributed by atoms with E-state index in [-0.39, 0.29) is 9.80 Å². The fraction of sp³-hybridized carbons (Fsp3) is 0.0556. The number of benzene rings is 2. The van der Waals surface area contributed by atoms with E-state index in [2.05, 4.69) is 0 Å². The number of rotatable bonds is 6. The normalized spacial score (nSPS) is 15.8. The summed E-state index contributed by atoms with van der Waals surface area (Å²) in [6, 6.07) is 12.6. The molecule has 1 aliphatic heterocycles. The summed E-state index contributed by atoms with van der Waals surface area (Å²) < 4.78 is 37.1. The summed E-state index contributed by atoms with van der Waals surface area (Å²) in [6.45, 7) is -0.664. The molecule has 0 unspecified atom stereocenters. The molecule has 0 aromatic heterocycles. The van der Waals surface area contributed by atoms with Crippen molar-refractivity contribution in [3.05, 3.63) is 70.9 Å². The summed E-state index contributed by atoms with van der Waals surface area (Å²) >= 11 is 0.629. The first-order valence-corrected chi connectivity index (χ1v) is 10.4. The number of hydrazine groups is 1. The van der Waals surface area contributed by atoms with Gasteiger partial charge < -0.3 is 0 Å². The molecule has 11 heteroatoms. The van der Waals surface area contributed by atoms with Gasteiger partial charge in [-0.1, -0.05) is 30.3 Å². The monoisotopic (exact) mass is 435 g/mol. The standard InChI is InChI=1S/C18H14FN3O5S2/c19-13-8-6-12(7-9-13)10-15-17(24)22(18(25)28-15)11-16(23)20-21-29(26,27)14-4-2-1-3-5-14/h1-10,21H,11H2,(H,20,23)/b15-10-. The van der Waals surface area contributed by atoms with Gasteiger partial charge in [0.25, 0.3) is 27.1 Å². The van der Waals surface area contributed by atoms with Crippen LogP contribution < -0.4 is 10.3 Å². The molecule has 2 aromatic rings. The van der Waals surface area contributed by atoms with Crippen molar-refractivity contribution in [2.75, 3.05) is 6.54 Å². The van der Waals surface area contributed by atoms with Crippen molar-refractivity contribution in [1.82, 2.24) is 15.2 Å². The summed E-state index contributed by atoms with van der Waals surface area (Å²) in [5.74, 6) is -2.04. The van der Waals surface area contributed by atoms with E-state index < -0.39 is 39.4 Å². The zero-order chi connectivity index (χ0) is 21.0. The number of hydrogen-bond donors (Lipinski definition) is 2. The van der Waals surface area contributed by atoms with Gasteiger partial charge in [-0.25, -0.2) is 12.8 Å². The van der Waals surface area contributed by atoms with E-state index in [0.29, 0.717) is 22.2 Å². The molecular weight excluding hydrogens is 421 g/mol. The lowest BCUT2D eigenvalue weighted by molar-refractivity contribution is -0.129. The highest BCUT2D eigenvalue weighted by atomic mass is 32.2. The summed E-state index contributed by atoms with van der Waals surface area (Å²) in [5, 5.41) is -0.676. The number of sulfonamides is 1. The van der Waals surface area contributed by atoms with Gasteiger partial charge in [0.1, 0.15) is 12.4 Å². The van der Waals surface area contributed by atoms with Crippen molar-refractivity contribution in [3.63, 3.8) is 0 Å². The van der Waals surface area contributed by atoms with E-state index in [1.54, 1.807) is 6.07 Å². The van der Waals surface area contributed by atoms with Crippen LogP contribution in [0.2, 0.25) is 0 Å². The highest BCUT2D eigenvalue weighted by Crippen LogP contribution is 2.31. The maximum absolute atomic E-state index is 13.0. The maximum atomic E-state index is 13.0. The predicted octanol–water partition coefficient (Wildman–Crippen LogP) is 1.87. The van der Waals surface area contributed by atoms with E-state index in [9.17, 15) is 27.2 Å². The molecule has 0 spiro atoms. The van der Waals surface area contributed by atoms with Gasteiger partial charge in [0.15, 0.2) is 0 Å². The topological polar surface area (TPSA) is 113 Å². The zero-order valence-corrected chi connectivity index (χ0v) is 16.3. The molecule has 0 radical (unpaired) electrons. The second-order valence-electron chi connectivity index (χ2n) is 5.79. The third-order valence-corrected chi connectivity index (χ3v) is 5.89. The quantitative estimate of drug-likeness (QED) is 0.529. The largest absolute Gasteiger partial charge is 0.294 e. The van der Waals surface area contributed by atoms with Crippen LogP contribution in [0.15, 0.2) is 64.4 Å². The summed E-state index contributed by atoms with van der Waals surface area (Å²) in [6.07, 6.45) is 1.40. The number of nitrogens with one attached hydrogen (secondary N) is 2. The lowest BCUT2D eigenvalue weighted by Gasteiger charge is -2.13. The number of amides is 3. The number of halogens is 1. The fourth-order valence-electron chi connectivity index (χ4n) is 2.31. The molecule has 29 heavy (non-hydrogen) atoms. The highest BCUT2D eigenvalue weighted by molar-refractivity contribution is 8.18. The van der Waals surface area contributed by atoms with Crippen molar-refractivity contribution in [1.29, 1.82) is 0 Å². The van der Waals surface area contributed by atoms with Crippen LogP contribution in [-0.2, 0) is 19.6 Å². The number of hydrogen-bond acceptors (Lipinski definition) is 6. The van der Waals surface area contributed by atoms with E-state index in [0.717, 1.165) is 0 Å². The van der Waals surface area contributed by atoms with Gasteiger partial charge in [0, 0.05) is 0 Å². The molecule has 1 heterocycles. The lowest BCUT2D eigenvalue weighted by Crippen LogP contribution is -2.47. The molecule has 2 N–H and O–H groups in total. The van der Waals surface area contributed by atoms with Crippen LogP contribution in [0.5, 0.6) is 0 Å². The number of carbonyl (C=O) groups is 3. The minimum atomic E-state index is -3.99. The average molecular weight is 435 g/mol.